The van der Waals surface area contributed by atoms with E-state index in [1.54, 1.807) is 12.0 Å². The van der Waals surface area contributed by atoms with Crippen LogP contribution in [0.1, 0.15) is 58.3 Å². The van der Waals surface area contributed by atoms with Crippen molar-refractivity contribution in [1.29, 1.82) is 0 Å². The fourth-order valence-electron chi connectivity index (χ4n) is 4.97. The molecule has 2 aliphatic rings. The minimum absolute atomic E-state index is 0.404. The van der Waals surface area contributed by atoms with Gasteiger partial charge in [0.25, 0.3) is 0 Å². The van der Waals surface area contributed by atoms with E-state index in [-0.39, 0.29) is 0 Å². The number of methoxy groups -OCH3 is 1. The first-order valence-electron chi connectivity index (χ1n) is 12.4. The number of ether oxygens (including phenoxy) is 1. The van der Waals surface area contributed by atoms with Crippen molar-refractivity contribution in [2.75, 3.05) is 42.7 Å². The Morgan fingerprint density at radius 2 is 1.76 bits per heavy atom. The van der Waals surface area contributed by atoms with Gasteiger partial charge in [-0.25, -0.2) is 0 Å². The summed E-state index contributed by atoms with van der Waals surface area (Å²) >= 11 is 6.31. The Bertz CT molecular complexity index is 904. The Morgan fingerprint density at radius 1 is 1.00 bits per heavy atom. The summed E-state index contributed by atoms with van der Waals surface area (Å²) in [4.78, 5) is 15.7. The van der Waals surface area contributed by atoms with E-state index in [9.17, 15) is 0 Å². The fourth-order valence-corrected chi connectivity index (χ4v) is 5.22. The maximum atomic E-state index is 6.31. The Labute approximate surface area is 201 Å². The van der Waals surface area contributed by atoms with Crippen LogP contribution in [0.15, 0.2) is 18.2 Å². The van der Waals surface area contributed by atoms with Crippen molar-refractivity contribution >= 4 is 35.1 Å². The summed E-state index contributed by atoms with van der Waals surface area (Å²) in [6, 6.07) is 6.55. The van der Waals surface area contributed by atoms with E-state index in [0.29, 0.717) is 40.7 Å². The zero-order valence-electron chi connectivity index (χ0n) is 19.8. The first-order valence-corrected chi connectivity index (χ1v) is 12.7. The first kappa shape index (κ1) is 23.8. The first-order chi connectivity index (χ1) is 16.1. The second kappa shape index (κ2) is 11.7. The van der Waals surface area contributed by atoms with Crippen LogP contribution in [0.5, 0.6) is 5.75 Å². The van der Waals surface area contributed by atoms with Gasteiger partial charge in [0, 0.05) is 24.6 Å². The highest BCUT2D eigenvalue weighted by Crippen LogP contribution is 2.28. The number of halogens is 1. The molecule has 1 saturated carbocycles. The summed E-state index contributed by atoms with van der Waals surface area (Å²) < 4.78 is 5.26. The average molecular weight is 475 g/mol. The summed E-state index contributed by atoms with van der Waals surface area (Å²) in [6.07, 6.45) is 9.96. The molecule has 4 N–H and O–H groups in total. The Morgan fingerprint density at radius 3 is 2.48 bits per heavy atom. The van der Waals surface area contributed by atoms with Gasteiger partial charge >= 0.3 is 0 Å². The maximum Gasteiger partial charge on any atom is 0.233 e. The van der Waals surface area contributed by atoms with Gasteiger partial charge < -0.3 is 25.6 Å². The van der Waals surface area contributed by atoms with E-state index in [1.165, 1.54) is 45.1 Å². The van der Waals surface area contributed by atoms with Crippen LogP contribution < -0.4 is 25.6 Å². The molecule has 2 atom stereocenters. The molecule has 8 nitrogen and oxygen atoms in total. The van der Waals surface area contributed by atoms with E-state index < -0.39 is 0 Å². The smallest absolute Gasteiger partial charge is 0.233 e. The quantitative estimate of drug-likeness (QED) is 0.410. The van der Waals surface area contributed by atoms with Crippen LogP contribution in [0, 0.1) is 0 Å². The highest BCUT2D eigenvalue weighted by molar-refractivity contribution is 6.32. The molecule has 0 spiro atoms. The zero-order chi connectivity index (χ0) is 23.0. The van der Waals surface area contributed by atoms with Crippen molar-refractivity contribution in [3.63, 3.8) is 0 Å². The van der Waals surface area contributed by atoms with Crippen LogP contribution in [-0.2, 0) is 0 Å². The highest BCUT2D eigenvalue weighted by Gasteiger charge is 2.27. The standard InChI is InChI=1S/C24H36ClN7O/c1-3-32-14-8-11-19(32)16-26-22-29-23(27-17-9-6-4-5-7-10-17)31-24(30-22)28-18-12-13-21(33-2)20(25)15-18/h12-13,15,17,19H,3-11,14,16H2,1-2H3,(H3,26,27,28,29,30,31)/p+1. The molecule has 1 aromatic carbocycles. The summed E-state index contributed by atoms with van der Waals surface area (Å²) in [7, 11) is 1.61. The van der Waals surface area contributed by atoms with E-state index >= 15 is 0 Å². The lowest BCUT2D eigenvalue weighted by Crippen LogP contribution is -3.14. The average Bonchev–Trinajstić information content (AvgIpc) is 3.12. The molecule has 1 aliphatic carbocycles. The minimum atomic E-state index is 0.404. The Balaban J connectivity index is 1.52. The molecule has 1 aliphatic heterocycles. The number of nitrogens with one attached hydrogen (secondary N) is 4. The van der Waals surface area contributed by atoms with E-state index in [0.717, 1.165) is 31.6 Å². The van der Waals surface area contributed by atoms with Gasteiger partial charge in [-0.15, -0.1) is 0 Å². The van der Waals surface area contributed by atoms with Crippen molar-refractivity contribution in [3.8, 4) is 5.75 Å². The molecule has 9 heteroatoms. The topological polar surface area (TPSA) is 88.4 Å². The molecule has 0 radical (unpaired) electrons. The van der Waals surface area contributed by atoms with Crippen LogP contribution in [0.4, 0.5) is 23.5 Å². The molecule has 33 heavy (non-hydrogen) atoms. The van der Waals surface area contributed by atoms with Gasteiger partial charge in [-0.05, 0) is 38.0 Å². The van der Waals surface area contributed by atoms with Crippen molar-refractivity contribution in [2.45, 2.75) is 70.4 Å². The number of likely N-dealkylation sites (N-methyl/N-ethyl adjacent to an activating group) is 1. The zero-order valence-corrected chi connectivity index (χ0v) is 20.5. The van der Waals surface area contributed by atoms with Gasteiger partial charge in [-0.2, -0.15) is 15.0 Å². The Hall–Kier alpha value is -2.32. The second-order valence-electron chi connectivity index (χ2n) is 9.10. The van der Waals surface area contributed by atoms with Crippen molar-refractivity contribution in [1.82, 2.24) is 15.0 Å². The number of anilines is 4. The van der Waals surface area contributed by atoms with E-state index in [2.05, 4.69) is 32.8 Å². The lowest BCUT2D eigenvalue weighted by molar-refractivity contribution is -0.908. The molecule has 0 bridgehead atoms. The molecule has 0 amide bonds. The van der Waals surface area contributed by atoms with E-state index in [1.807, 2.05) is 18.2 Å². The van der Waals surface area contributed by atoms with Crippen LogP contribution >= 0.6 is 11.6 Å². The third kappa shape index (κ3) is 6.60. The highest BCUT2D eigenvalue weighted by atomic mass is 35.5. The molecule has 2 heterocycles. The molecule has 2 aromatic rings. The number of hydrogen-bond acceptors (Lipinski definition) is 7. The van der Waals surface area contributed by atoms with Gasteiger partial charge in [0.15, 0.2) is 0 Å². The maximum absolute atomic E-state index is 6.31. The largest absolute Gasteiger partial charge is 0.495 e. The van der Waals surface area contributed by atoms with Crippen molar-refractivity contribution < 1.29 is 9.64 Å². The SMILES string of the molecule is CC[NH+]1CCCC1CNc1nc(Nc2ccc(OC)c(Cl)c2)nc(NC2CCCCCC2)n1. The Kier molecular flexibility index (Phi) is 8.45. The van der Waals surface area contributed by atoms with Gasteiger partial charge in [-0.3, -0.25) is 0 Å². The number of likely N-dealkylation sites (tertiary alicyclic amines) is 1. The summed E-state index contributed by atoms with van der Waals surface area (Å²) in [5, 5.41) is 10.9. The van der Waals surface area contributed by atoms with Crippen LogP contribution in [0.2, 0.25) is 5.02 Å². The van der Waals surface area contributed by atoms with Crippen molar-refractivity contribution in [3.05, 3.63) is 23.2 Å². The summed E-state index contributed by atoms with van der Waals surface area (Å²) in [5.74, 6) is 2.35. The van der Waals surface area contributed by atoms with Gasteiger partial charge in [0.2, 0.25) is 17.8 Å². The molecule has 4 rings (SSSR count). The van der Waals surface area contributed by atoms with Gasteiger partial charge in [0.1, 0.15) is 11.8 Å². The molecular weight excluding hydrogens is 438 g/mol. The lowest BCUT2D eigenvalue weighted by atomic mass is 10.1. The molecule has 180 valence electrons. The fraction of sp³-hybridized carbons (Fsp3) is 0.625. The van der Waals surface area contributed by atoms with E-state index in [4.69, 9.17) is 21.3 Å². The monoisotopic (exact) mass is 474 g/mol. The van der Waals surface area contributed by atoms with Crippen LogP contribution in [0.25, 0.3) is 0 Å². The minimum Gasteiger partial charge on any atom is -0.495 e. The molecule has 1 aromatic heterocycles. The summed E-state index contributed by atoms with van der Waals surface area (Å²) in [6.45, 7) is 5.53. The van der Waals surface area contributed by atoms with Crippen LogP contribution in [-0.4, -0.2) is 53.8 Å². The molecule has 1 saturated heterocycles. The van der Waals surface area contributed by atoms with Gasteiger partial charge in [-0.1, -0.05) is 37.3 Å². The third-order valence-corrected chi connectivity index (χ3v) is 7.12. The molecule has 2 fully saturated rings. The number of rotatable bonds is 9. The van der Waals surface area contributed by atoms with Gasteiger partial charge in [0.05, 0.1) is 31.8 Å². The molecular formula is C24H37ClN7O+. The molecule has 2 unspecified atom stereocenters. The number of hydrogen-bond donors (Lipinski definition) is 4. The predicted octanol–water partition coefficient (Wildman–Crippen LogP) is 3.89. The lowest BCUT2D eigenvalue weighted by Gasteiger charge is -2.21. The third-order valence-electron chi connectivity index (χ3n) is 6.82. The number of aromatic nitrogens is 3. The predicted molar refractivity (Wildman–Crippen MR) is 134 cm³/mol. The van der Waals surface area contributed by atoms with Crippen molar-refractivity contribution in [2.24, 2.45) is 0 Å². The normalized spacial score (nSPS) is 21.4. The van der Waals surface area contributed by atoms with Crippen LogP contribution in [0.3, 0.4) is 0 Å². The summed E-state index contributed by atoms with van der Waals surface area (Å²) in [5.41, 5.74) is 0.802. The number of nitrogens with zero attached hydrogens (tertiary/aromatic N) is 3. The second-order valence-corrected chi connectivity index (χ2v) is 9.50. The number of benzene rings is 1. The number of quaternary nitrogens is 1.